The Bertz CT molecular complexity index is 1190. The lowest BCUT2D eigenvalue weighted by Gasteiger charge is -2.13. The number of nitrogens with two attached hydrogens (primary N) is 1. The summed E-state index contributed by atoms with van der Waals surface area (Å²) in [7, 11) is 1.48. The molecule has 10 heteroatoms. The second-order valence-corrected chi connectivity index (χ2v) is 7.69. The summed E-state index contributed by atoms with van der Waals surface area (Å²) in [4.78, 5) is 43.5. The molecule has 0 spiro atoms. The van der Waals surface area contributed by atoms with Gasteiger partial charge in [-0.15, -0.1) is 0 Å². The lowest BCUT2D eigenvalue weighted by Crippen LogP contribution is -2.37. The van der Waals surface area contributed by atoms with Crippen molar-refractivity contribution in [3.63, 3.8) is 0 Å². The molecule has 0 aliphatic heterocycles. The maximum Gasteiger partial charge on any atom is 0.330 e. The number of imidazole rings is 1. The SMILES string of the molecule is COCCn1c(N)c(C(=O)CSc2nccn2-c2cc(C)ccc2C)c(=O)[nH]c1=O. The van der Waals surface area contributed by atoms with Crippen molar-refractivity contribution in [1.82, 2.24) is 19.1 Å². The molecular formula is C20H23N5O4S. The molecule has 158 valence electrons. The number of hydrogen-bond acceptors (Lipinski definition) is 7. The van der Waals surface area contributed by atoms with Crippen molar-refractivity contribution in [2.24, 2.45) is 0 Å². The molecular weight excluding hydrogens is 406 g/mol. The highest BCUT2D eigenvalue weighted by Gasteiger charge is 2.20. The number of aryl methyl sites for hydroxylation is 2. The molecule has 0 aliphatic carbocycles. The van der Waals surface area contributed by atoms with Gasteiger partial charge in [0.1, 0.15) is 11.4 Å². The molecule has 0 saturated carbocycles. The molecule has 0 atom stereocenters. The summed E-state index contributed by atoms with van der Waals surface area (Å²) in [6, 6.07) is 6.09. The number of aromatic amines is 1. The minimum Gasteiger partial charge on any atom is -0.384 e. The molecule has 2 aromatic heterocycles. The molecule has 0 fully saturated rings. The fourth-order valence-electron chi connectivity index (χ4n) is 3.02. The Morgan fingerprint density at radius 2 is 2.07 bits per heavy atom. The van der Waals surface area contributed by atoms with Crippen LogP contribution in [0.15, 0.2) is 45.3 Å². The second-order valence-electron chi connectivity index (χ2n) is 6.75. The van der Waals surface area contributed by atoms with Gasteiger partial charge >= 0.3 is 5.69 Å². The monoisotopic (exact) mass is 429 g/mol. The van der Waals surface area contributed by atoms with Crippen LogP contribution >= 0.6 is 11.8 Å². The fraction of sp³-hybridized carbons (Fsp3) is 0.300. The molecule has 9 nitrogen and oxygen atoms in total. The number of Topliss-reactive ketones (excluding diaryl/α,β-unsaturated/α-hetero) is 1. The zero-order chi connectivity index (χ0) is 21.8. The molecule has 0 bridgehead atoms. The fourth-order valence-corrected chi connectivity index (χ4v) is 3.86. The van der Waals surface area contributed by atoms with Crippen molar-refractivity contribution in [2.45, 2.75) is 25.5 Å². The first kappa shape index (κ1) is 21.6. The number of carbonyl (C=O) groups excluding carboxylic acids is 1. The third-order valence-corrected chi connectivity index (χ3v) is 5.57. The predicted molar refractivity (Wildman–Crippen MR) is 116 cm³/mol. The van der Waals surface area contributed by atoms with Crippen LogP contribution in [0.5, 0.6) is 0 Å². The second kappa shape index (κ2) is 9.14. The molecule has 0 radical (unpaired) electrons. The predicted octanol–water partition coefficient (Wildman–Crippen LogP) is 1.54. The van der Waals surface area contributed by atoms with Crippen LogP contribution in [-0.2, 0) is 11.3 Å². The van der Waals surface area contributed by atoms with Crippen LogP contribution in [0.4, 0.5) is 5.82 Å². The van der Waals surface area contributed by atoms with Gasteiger partial charge in [0.2, 0.25) is 0 Å². The Balaban J connectivity index is 1.86. The number of aromatic nitrogens is 4. The van der Waals surface area contributed by atoms with Crippen molar-refractivity contribution in [3.05, 3.63) is 68.1 Å². The number of benzene rings is 1. The van der Waals surface area contributed by atoms with Gasteiger partial charge in [-0.1, -0.05) is 23.9 Å². The summed E-state index contributed by atoms with van der Waals surface area (Å²) in [5.74, 6) is -0.706. The van der Waals surface area contributed by atoms with Gasteiger partial charge in [0, 0.05) is 19.5 Å². The van der Waals surface area contributed by atoms with E-state index in [1.807, 2.05) is 42.8 Å². The zero-order valence-electron chi connectivity index (χ0n) is 17.0. The van der Waals surface area contributed by atoms with Gasteiger partial charge in [0.05, 0.1) is 24.6 Å². The van der Waals surface area contributed by atoms with Gasteiger partial charge in [-0.3, -0.25) is 23.7 Å². The maximum atomic E-state index is 12.8. The van der Waals surface area contributed by atoms with Crippen molar-refractivity contribution in [3.8, 4) is 5.69 Å². The first-order chi connectivity index (χ1) is 14.3. The van der Waals surface area contributed by atoms with Crippen LogP contribution in [0, 0.1) is 13.8 Å². The minimum absolute atomic E-state index is 0.0579. The van der Waals surface area contributed by atoms with E-state index < -0.39 is 17.0 Å². The summed E-state index contributed by atoms with van der Waals surface area (Å²) >= 11 is 1.19. The average Bonchev–Trinajstić information content (AvgIpc) is 3.16. The van der Waals surface area contributed by atoms with E-state index in [0.29, 0.717) is 5.16 Å². The number of hydrogen-bond donors (Lipinski definition) is 2. The van der Waals surface area contributed by atoms with Crippen LogP contribution in [0.2, 0.25) is 0 Å². The largest absolute Gasteiger partial charge is 0.384 e. The average molecular weight is 430 g/mol. The number of anilines is 1. The van der Waals surface area contributed by atoms with Gasteiger partial charge in [-0.25, -0.2) is 9.78 Å². The smallest absolute Gasteiger partial charge is 0.330 e. The zero-order valence-corrected chi connectivity index (χ0v) is 17.8. The summed E-state index contributed by atoms with van der Waals surface area (Å²) in [6.07, 6.45) is 3.47. The van der Waals surface area contributed by atoms with Crippen LogP contribution in [0.1, 0.15) is 21.5 Å². The minimum atomic E-state index is -0.797. The normalized spacial score (nSPS) is 11.0. The number of carbonyl (C=O) groups is 1. The van der Waals surface area contributed by atoms with Crippen LogP contribution in [0.3, 0.4) is 0 Å². The molecule has 30 heavy (non-hydrogen) atoms. The Morgan fingerprint density at radius 3 is 2.80 bits per heavy atom. The van der Waals surface area contributed by atoms with Gasteiger partial charge in [-0.2, -0.15) is 0 Å². The van der Waals surface area contributed by atoms with Gasteiger partial charge in [0.15, 0.2) is 10.9 Å². The van der Waals surface area contributed by atoms with E-state index in [1.165, 1.54) is 18.9 Å². The summed E-state index contributed by atoms with van der Waals surface area (Å²) in [6.45, 7) is 4.34. The van der Waals surface area contributed by atoms with Crippen LogP contribution < -0.4 is 17.0 Å². The molecule has 0 saturated heterocycles. The molecule has 0 amide bonds. The molecule has 3 rings (SSSR count). The molecule has 2 heterocycles. The van der Waals surface area contributed by atoms with Crippen LogP contribution in [0.25, 0.3) is 5.69 Å². The highest BCUT2D eigenvalue weighted by atomic mass is 32.2. The summed E-state index contributed by atoms with van der Waals surface area (Å²) in [5, 5.41) is 0.611. The Morgan fingerprint density at radius 1 is 1.30 bits per heavy atom. The van der Waals surface area contributed by atoms with Gasteiger partial charge in [-0.05, 0) is 31.0 Å². The number of ketones is 1. The number of nitrogens with one attached hydrogen (secondary N) is 1. The lowest BCUT2D eigenvalue weighted by molar-refractivity contribution is 0.102. The van der Waals surface area contributed by atoms with E-state index in [4.69, 9.17) is 10.5 Å². The number of nitrogens with zero attached hydrogens (tertiary/aromatic N) is 3. The van der Waals surface area contributed by atoms with E-state index in [2.05, 4.69) is 9.97 Å². The van der Waals surface area contributed by atoms with E-state index in [9.17, 15) is 14.4 Å². The third kappa shape index (κ3) is 4.39. The Kier molecular flexibility index (Phi) is 6.58. The molecule has 3 aromatic rings. The van der Waals surface area contributed by atoms with Crippen LogP contribution in [-0.4, -0.2) is 44.4 Å². The van der Waals surface area contributed by atoms with E-state index in [-0.39, 0.29) is 30.3 Å². The van der Waals surface area contributed by atoms with Crippen molar-refractivity contribution >= 4 is 23.4 Å². The first-order valence-corrected chi connectivity index (χ1v) is 10.2. The maximum absolute atomic E-state index is 12.8. The standard InChI is InChI=1S/C20H23N5O4S/c1-12-4-5-13(2)14(10-12)24-7-6-22-20(24)30-11-15(26)16-17(21)25(8-9-29-3)19(28)23-18(16)27/h4-7,10H,8-9,11,21H2,1-3H3,(H,23,27,28). The summed E-state index contributed by atoms with van der Waals surface area (Å²) < 4.78 is 7.97. The Labute approximate surface area is 176 Å². The number of methoxy groups -OCH3 is 1. The van der Waals surface area contributed by atoms with E-state index >= 15 is 0 Å². The van der Waals surface area contributed by atoms with Crippen molar-refractivity contribution < 1.29 is 9.53 Å². The van der Waals surface area contributed by atoms with E-state index in [1.54, 1.807) is 6.20 Å². The number of ether oxygens (including phenoxy) is 1. The van der Waals surface area contributed by atoms with Crippen molar-refractivity contribution in [2.75, 3.05) is 25.2 Å². The number of thioether (sulfide) groups is 1. The summed E-state index contributed by atoms with van der Waals surface area (Å²) in [5.41, 5.74) is 7.40. The lowest BCUT2D eigenvalue weighted by atomic mass is 10.1. The number of nitrogen functional groups attached to an aromatic ring is 1. The highest BCUT2D eigenvalue weighted by molar-refractivity contribution is 7.99. The number of rotatable bonds is 8. The molecule has 3 N–H and O–H groups in total. The van der Waals surface area contributed by atoms with Gasteiger partial charge < -0.3 is 10.5 Å². The highest BCUT2D eigenvalue weighted by Crippen LogP contribution is 2.24. The molecule has 0 aliphatic rings. The van der Waals surface area contributed by atoms with Gasteiger partial charge in [0.25, 0.3) is 5.56 Å². The number of H-pyrrole nitrogens is 1. The van der Waals surface area contributed by atoms with E-state index in [0.717, 1.165) is 21.4 Å². The quantitative estimate of drug-likeness (QED) is 0.411. The molecule has 1 aromatic carbocycles. The third-order valence-electron chi connectivity index (χ3n) is 4.60. The first-order valence-electron chi connectivity index (χ1n) is 9.22. The Hall–Kier alpha value is -3.11. The topological polar surface area (TPSA) is 125 Å². The molecule has 0 unspecified atom stereocenters. The van der Waals surface area contributed by atoms with Crippen molar-refractivity contribution in [1.29, 1.82) is 0 Å².